The van der Waals surface area contributed by atoms with Crippen LogP contribution in [0.1, 0.15) is 33.6 Å². The predicted molar refractivity (Wildman–Crippen MR) is 60.1 cm³/mol. The van der Waals surface area contributed by atoms with E-state index in [0.29, 0.717) is 6.54 Å². The molecule has 5 nitrogen and oxygen atoms in total. The Hall–Kier alpha value is -1.26. The lowest BCUT2D eigenvalue weighted by atomic mass is 10.1. The Labute approximate surface area is 95.6 Å². The third-order valence-electron chi connectivity index (χ3n) is 3.00. The molecule has 92 valence electrons. The number of aliphatic carboxylic acids is 1. The summed E-state index contributed by atoms with van der Waals surface area (Å²) < 4.78 is 0. The smallest absolute Gasteiger partial charge is 0.326 e. The number of rotatable bonds is 5. The number of carbonyl (C=O) groups excluding carboxylic acids is 1. The second kappa shape index (κ2) is 4.72. The number of carboxylic acid groups (broad SMARTS) is 1. The van der Waals surface area contributed by atoms with E-state index in [1.807, 2.05) is 0 Å². The fourth-order valence-electron chi connectivity index (χ4n) is 1.39. The molecule has 0 aromatic rings. The van der Waals surface area contributed by atoms with E-state index in [0.717, 1.165) is 12.8 Å². The van der Waals surface area contributed by atoms with Gasteiger partial charge in [0.15, 0.2) is 0 Å². The zero-order chi connectivity index (χ0) is 12.3. The van der Waals surface area contributed by atoms with Gasteiger partial charge in [0.25, 0.3) is 0 Å². The van der Waals surface area contributed by atoms with E-state index in [2.05, 4.69) is 17.6 Å². The normalized spacial score (nSPS) is 19.0. The van der Waals surface area contributed by atoms with Gasteiger partial charge in [-0.3, -0.25) is 0 Å². The molecule has 0 spiro atoms. The third-order valence-corrected chi connectivity index (χ3v) is 3.00. The monoisotopic (exact) mass is 228 g/mol. The molecule has 0 heterocycles. The Kier molecular flexibility index (Phi) is 3.78. The van der Waals surface area contributed by atoms with E-state index in [-0.39, 0.29) is 11.3 Å². The van der Waals surface area contributed by atoms with E-state index in [1.54, 1.807) is 13.8 Å². The summed E-state index contributed by atoms with van der Waals surface area (Å²) in [6.07, 6.45) is 2.25. The molecule has 0 unspecified atom stereocenters. The Bertz CT molecular complexity index is 285. The van der Waals surface area contributed by atoms with E-state index in [9.17, 15) is 9.59 Å². The lowest BCUT2D eigenvalue weighted by molar-refractivity contribution is -0.140. The third kappa shape index (κ3) is 3.72. The maximum absolute atomic E-state index is 11.5. The maximum Gasteiger partial charge on any atom is 0.326 e. The van der Waals surface area contributed by atoms with Crippen LogP contribution in [0.25, 0.3) is 0 Å². The Morgan fingerprint density at radius 1 is 1.38 bits per heavy atom. The summed E-state index contributed by atoms with van der Waals surface area (Å²) in [6.45, 7) is 6.25. The van der Waals surface area contributed by atoms with Crippen molar-refractivity contribution in [2.75, 3.05) is 6.54 Å². The van der Waals surface area contributed by atoms with Crippen molar-refractivity contribution < 1.29 is 14.7 Å². The van der Waals surface area contributed by atoms with Crippen molar-refractivity contribution in [3.63, 3.8) is 0 Å². The largest absolute Gasteiger partial charge is 0.480 e. The molecular weight excluding hydrogens is 208 g/mol. The topological polar surface area (TPSA) is 78.4 Å². The van der Waals surface area contributed by atoms with Gasteiger partial charge >= 0.3 is 12.0 Å². The van der Waals surface area contributed by atoms with Crippen molar-refractivity contribution in [1.29, 1.82) is 0 Å². The Morgan fingerprint density at radius 3 is 2.31 bits per heavy atom. The number of urea groups is 1. The molecule has 5 heteroatoms. The number of carboxylic acids is 1. The summed E-state index contributed by atoms with van der Waals surface area (Å²) in [7, 11) is 0. The van der Waals surface area contributed by atoms with Gasteiger partial charge in [0.05, 0.1) is 0 Å². The van der Waals surface area contributed by atoms with Gasteiger partial charge in [0.1, 0.15) is 6.04 Å². The van der Waals surface area contributed by atoms with Crippen LogP contribution in [0.5, 0.6) is 0 Å². The standard InChI is InChI=1S/C11H20N2O3/c1-7(2)8(9(14)15)13-10(16)12-6-11(3)4-5-11/h7-8H,4-6H2,1-3H3,(H,14,15)(H2,12,13,16)/t8-/m1/s1. The summed E-state index contributed by atoms with van der Waals surface area (Å²) in [5, 5.41) is 14.1. The fourth-order valence-corrected chi connectivity index (χ4v) is 1.39. The summed E-state index contributed by atoms with van der Waals surface area (Å²) >= 11 is 0. The van der Waals surface area contributed by atoms with Crippen LogP contribution in [0.2, 0.25) is 0 Å². The van der Waals surface area contributed by atoms with Gasteiger partial charge in [-0.1, -0.05) is 20.8 Å². The van der Waals surface area contributed by atoms with E-state index >= 15 is 0 Å². The molecule has 0 aromatic heterocycles. The molecule has 1 aliphatic carbocycles. The average Bonchev–Trinajstić information content (AvgIpc) is 2.89. The minimum Gasteiger partial charge on any atom is -0.480 e. The maximum atomic E-state index is 11.5. The molecule has 1 fully saturated rings. The first kappa shape index (κ1) is 12.8. The van der Waals surface area contributed by atoms with Crippen LogP contribution in [0, 0.1) is 11.3 Å². The van der Waals surface area contributed by atoms with Gasteiger partial charge in [-0.15, -0.1) is 0 Å². The average molecular weight is 228 g/mol. The number of carbonyl (C=O) groups is 2. The number of hydrogen-bond acceptors (Lipinski definition) is 2. The molecular formula is C11H20N2O3. The van der Waals surface area contributed by atoms with Crippen LogP contribution in [-0.4, -0.2) is 29.7 Å². The molecule has 3 N–H and O–H groups in total. The number of nitrogens with one attached hydrogen (secondary N) is 2. The lowest BCUT2D eigenvalue weighted by Gasteiger charge is -2.19. The fraction of sp³-hybridized carbons (Fsp3) is 0.818. The van der Waals surface area contributed by atoms with Crippen molar-refractivity contribution in [2.24, 2.45) is 11.3 Å². The quantitative estimate of drug-likeness (QED) is 0.661. The van der Waals surface area contributed by atoms with E-state index < -0.39 is 18.0 Å². The van der Waals surface area contributed by atoms with Gasteiger partial charge in [-0.2, -0.15) is 0 Å². The van der Waals surface area contributed by atoms with Crippen molar-refractivity contribution in [2.45, 2.75) is 39.7 Å². The molecule has 0 bridgehead atoms. The first-order valence-electron chi connectivity index (χ1n) is 5.61. The van der Waals surface area contributed by atoms with Crippen molar-refractivity contribution in [3.05, 3.63) is 0 Å². The molecule has 1 aliphatic rings. The number of hydrogen-bond donors (Lipinski definition) is 3. The molecule has 0 aliphatic heterocycles. The van der Waals surface area contributed by atoms with Crippen LogP contribution >= 0.6 is 0 Å². The summed E-state index contributed by atoms with van der Waals surface area (Å²) in [5.41, 5.74) is 0.230. The Morgan fingerprint density at radius 2 is 1.94 bits per heavy atom. The minimum atomic E-state index is -0.997. The van der Waals surface area contributed by atoms with Crippen LogP contribution < -0.4 is 10.6 Å². The van der Waals surface area contributed by atoms with Crippen LogP contribution in [0.4, 0.5) is 4.79 Å². The van der Waals surface area contributed by atoms with Gasteiger partial charge in [0, 0.05) is 6.54 Å². The molecule has 0 aromatic carbocycles. The zero-order valence-electron chi connectivity index (χ0n) is 10.0. The zero-order valence-corrected chi connectivity index (χ0v) is 10.0. The van der Waals surface area contributed by atoms with Crippen LogP contribution in [0.3, 0.4) is 0 Å². The van der Waals surface area contributed by atoms with Crippen molar-refractivity contribution in [1.82, 2.24) is 10.6 Å². The molecule has 0 radical (unpaired) electrons. The highest BCUT2D eigenvalue weighted by atomic mass is 16.4. The highest BCUT2D eigenvalue weighted by Gasteiger charge is 2.37. The second-order valence-corrected chi connectivity index (χ2v) is 5.20. The number of amides is 2. The predicted octanol–water partition coefficient (Wildman–Crippen LogP) is 1.19. The molecule has 0 saturated heterocycles. The second-order valence-electron chi connectivity index (χ2n) is 5.20. The first-order valence-corrected chi connectivity index (χ1v) is 5.61. The van der Waals surface area contributed by atoms with Gasteiger partial charge in [-0.05, 0) is 24.2 Å². The summed E-state index contributed by atoms with van der Waals surface area (Å²) in [6, 6.07) is -1.22. The van der Waals surface area contributed by atoms with E-state index in [4.69, 9.17) is 5.11 Å². The van der Waals surface area contributed by atoms with Crippen molar-refractivity contribution in [3.8, 4) is 0 Å². The van der Waals surface area contributed by atoms with Crippen LogP contribution in [-0.2, 0) is 4.79 Å². The van der Waals surface area contributed by atoms with Gasteiger partial charge in [-0.25, -0.2) is 9.59 Å². The summed E-state index contributed by atoms with van der Waals surface area (Å²) in [4.78, 5) is 22.3. The molecule has 2 amide bonds. The van der Waals surface area contributed by atoms with Gasteiger partial charge in [0.2, 0.25) is 0 Å². The molecule has 1 rings (SSSR count). The van der Waals surface area contributed by atoms with Crippen LogP contribution in [0.15, 0.2) is 0 Å². The molecule has 16 heavy (non-hydrogen) atoms. The first-order chi connectivity index (χ1) is 7.34. The van der Waals surface area contributed by atoms with Gasteiger partial charge < -0.3 is 15.7 Å². The minimum absolute atomic E-state index is 0.125. The molecule has 1 saturated carbocycles. The highest BCUT2D eigenvalue weighted by molar-refractivity contribution is 5.82. The Balaban J connectivity index is 2.33. The molecule has 1 atom stereocenters. The lowest BCUT2D eigenvalue weighted by Crippen LogP contribution is -2.49. The van der Waals surface area contributed by atoms with Crippen molar-refractivity contribution >= 4 is 12.0 Å². The van der Waals surface area contributed by atoms with E-state index in [1.165, 1.54) is 0 Å². The summed E-state index contributed by atoms with van der Waals surface area (Å²) in [5.74, 6) is -1.12. The SMILES string of the molecule is CC(C)[C@@H](NC(=O)NCC1(C)CC1)C(=O)O. The highest BCUT2D eigenvalue weighted by Crippen LogP contribution is 2.43.